The fourth-order valence-electron chi connectivity index (χ4n) is 3.90. The zero-order valence-corrected chi connectivity index (χ0v) is 23.3. The second-order valence-corrected chi connectivity index (χ2v) is 9.73. The first-order valence-corrected chi connectivity index (χ1v) is 12.9. The Morgan fingerprint density at radius 2 is 1.59 bits per heavy atom. The maximum absolute atomic E-state index is 13.2. The molecule has 0 saturated carbocycles. The van der Waals surface area contributed by atoms with Crippen molar-refractivity contribution in [2.45, 2.75) is 19.1 Å². The average molecular weight is 588 g/mol. The van der Waals surface area contributed by atoms with Crippen molar-refractivity contribution >= 4 is 46.5 Å². The molecule has 0 bridgehead atoms. The van der Waals surface area contributed by atoms with Crippen molar-refractivity contribution in [3.63, 3.8) is 0 Å². The van der Waals surface area contributed by atoms with E-state index in [-0.39, 0.29) is 12.2 Å². The number of benzene rings is 3. The number of rotatable bonds is 10. The van der Waals surface area contributed by atoms with Crippen LogP contribution >= 0.6 is 34.8 Å². The molecule has 1 aromatic heterocycles. The lowest BCUT2D eigenvalue weighted by atomic mass is 10.0. The average Bonchev–Trinajstić information content (AvgIpc) is 2.94. The molecule has 0 radical (unpaired) electrons. The van der Waals surface area contributed by atoms with Crippen molar-refractivity contribution in [3.05, 3.63) is 110 Å². The predicted molar refractivity (Wildman–Crippen MR) is 153 cm³/mol. The minimum Gasteiger partial charge on any atom is -0.508 e. The molecule has 39 heavy (non-hydrogen) atoms. The number of phenolic OH excluding ortho intramolecular Hbond substituents is 1. The van der Waals surface area contributed by atoms with E-state index in [2.05, 4.69) is 10.3 Å². The third-order valence-electron chi connectivity index (χ3n) is 5.99. The third kappa shape index (κ3) is 7.06. The van der Waals surface area contributed by atoms with Gasteiger partial charge in [0.2, 0.25) is 0 Å². The molecule has 0 unspecified atom stereocenters. The van der Waals surface area contributed by atoms with Crippen LogP contribution in [0.5, 0.6) is 17.2 Å². The van der Waals surface area contributed by atoms with Gasteiger partial charge in [0.25, 0.3) is 0 Å². The molecule has 0 spiro atoms. The minimum absolute atomic E-state index is 0.110. The molecular weight excluding hydrogens is 563 g/mol. The summed E-state index contributed by atoms with van der Waals surface area (Å²) in [5.74, 6) is 0.624. The van der Waals surface area contributed by atoms with E-state index in [1.54, 1.807) is 49.6 Å². The largest absolute Gasteiger partial charge is 0.508 e. The van der Waals surface area contributed by atoms with E-state index in [0.717, 1.165) is 5.56 Å². The van der Waals surface area contributed by atoms with E-state index in [0.29, 0.717) is 55.5 Å². The number of carbonyl (C=O) groups excluding carboxylic acids is 1. The summed E-state index contributed by atoms with van der Waals surface area (Å²) in [7, 11) is 3.08. The monoisotopic (exact) mass is 586 g/mol. The number of ether oxygens (including phenoxy) is 3. The number of anilines is 1. The van der Waals surface area contributed by atoms with E-state index >= 15 is 0 Å². The number of pyridine rings is 1. The van der Waals surface area contributed by atoms with Crippen molar-refractivity contribution in [1.82, 2.24) is 4.98 Å². The standard InChI is InChI=1S/C29H25Cl3N2O5/c1-37-26-10-7-19(11-28(26)38-2)27(13-21-23(31)15-33-16-24(21)32)39-29(36)18-5-3-17(4-6-18)14-34-25-12-20(35)8-9-22(25)30/h3-12,15-16,27,34-35H,13-14H2,1-2H3/t27-/m0/s1. The molecular formula is C29H25Cl3N2O5. The Kier molecular flexibility index (Phi) is 9.41. The van der Waals surface area contributed by atoms with Crippen LogP contribution < -0.4 is 14.8 Å². The van der Waals surface area contributed by atoms with Gasteiger partial charge in [0, 0.05) is 31.4 Å². The van der Waals surface area contributed by atoms with E-state index in [1.807, 2.05) is 12.1 Å². The number of hydrogen-bond donors (Lipinski definition) is 2. The van der Waals surface area contributed by atoms with Crippen LogP contribution in [-0.2, 0) is 17.7 Å². The van der Waals surface area contributed by atoms with Gasteiger partial charge in [-0.15, -0.1) is 0 Å². The highest BCUT2D eigenvalue weighted by molar-refractivity contribution is 6.35. The van der Waals surface area contributed by atoms with Crippen molar-refractivity contribution in [2.24, 2.45) is 0 Å². The second-order valence-electron chi connectivity index (χ2n) is 8.51. The number of nitrogens with zero attached hydrogens (tertiary/aromatic N) is 1. The van der Waals surface area contributed by atoms with E-state index in [4.69, 9.17) is 49.0 Å². The van der Waals surface area contributed by atoms with Crippen molar-refractivity contribution in [2.75, 3.05) is 19.5 Å². The van der Waals surface area contributed by atoms with Crippen molar-refractivity contribution < 1.29 is 24.1 Å². The van der Waals surface area contributed by atoms with Crippen LogP contribution in [0.1, 0.15) is 33.2 Å². The normalized spacial score (nSPS) is 11.5. The molecule has 10 heteroatoms. The number of halogens is 3. The third-order valence-corrected chi connectivity index (χ3v) is 6.97. The molecule has 0 aliphatic carbocycles. The van der Waals surface area contributed by atoms with Crippen molar-refractivity contribution in [1.29, 1.82) is 0 Å². The van der Waals surface area contributed by atoms with Crippen LogP contribution in [0.3, 0.4) is 0 Å². The van der Waals surface area contributed by atoms with Gasteiger partial charge in [-0.05, 0) is 53.1 Å². The summed E-state index contributed by atoms with van der Waals surface area (Å²) >= 11 is 18.9. The molecule has 3 aromatic carbocycles. The van der Waals surface area contributed by atoms with Gasteiger partial charge in [-0.3, -0.25) is 4.98 Å². The Balaban J connectivity index is 1.54. The topological polar surface area (TPSA) is 89.9 Å². The smallest absolute Gasteiger partial charge is 0.338 e. The van der Waals surface area contributed by atoms with Crippen LogP contribution in [0.4, 0.5) is 5.69 Å². The van der Waals surface area contributed by atoms with Gasteiger partial charge < -0.3 is 24.6 Å². The SMILES string of the molecule is COc1ccc([C@H](Cc2c(Cl)cncc2Cl)OC(=O)c2ccc(CNc3cc(O)ccc3Cl)cc2)cc1OC. The van der Waals surface area contributed by atoms with Gasteiger partial charge in [-0.25, -0.2) is 4.79 Å². The van der Waals surface area contributed by atoms with E-state index < -0.39 is 12.1 Å². The first kappa shape index (κ1) is 28.4. The highest BCUT2D eigenvalue weighted by Gasteiger charge is 2.23. The van der Waals surface area contributed by atoms with Gasteiger partial charge in [-0.2, -0.15) is 0 Å². The highest BCUT2D eigenvalue weighted by atomic mass is 35.5. The zero-order chi connectivity index (χ0) is 27.9. The van der Waals surface area contributed by atoms with Crippen LogP contribution in [0.15, 0.2) is 73.1 Å². The fraction of sp³-hybridized carbons (Fsp3) is 0.172. The molecule has 4 rings (SSSR count). The zero-order valence-electron chi connectivity index (χ0n) is 21.1. The van der Waals surface area contributed by atoms with E-state index in [9.17, 15) is 9.90 Å². The molecule has 0 amide bonds. The van der Waals surface area contributed by atoms with Gasteiger partial charge in [0.05, 0.1) is 40.5 Å². The summed E-state index contributed by atoms with van der Waals surface area (Å²) in [6.07, 6.45) is 2.47. The van der Waals surface area contributed by atoms with Gasteiger partial charge in [-0.1, -0.05) is 53.0 Å². The molecule has 7 nitrogen and oxygen atoms in total. The minimum atomic E-state index is -0.732. The maximum atomic E-state index is 13.2. The summed E-state index contributed by atoms with van der Waals surface area (Å²) in [5.41, 5.74) is 3.15. The Bertz CT molecular complexity index is 1440. The highest BCUT2D eigenvalue weighted by Crippen LogP contribution is 2.35. The number of esters is 1. The van der Waals surface area contributed by atoms with Gasteiger partial charge >= 0.3 is 5.97 Å². The molecule has 0 fully saturated rings. The summed E-state index contributed by atoms with van der Waals surface area (Å²) in [6, 6.07) is 16.9. The number of carbonyl (C=O) groups is 1. The predicted octanol–water partition coefficient (Wildman–Crippen LogP) is 7.52. The van der Waals surface area contributed by atoms with Crippen LogP contribution in [0, 0.1) is 0 Å². The van der Waals surface area contributed by atoms with Gasteiger partial charge in [0.1, 0.15) is 11.9 Å². The van der Waals surface area contributed by atoms with Crippen LogP contribution in [-0.4, -0.2) is 30.3 Å². The number of hydrogen-bond acceptors (Lipinski definition) is 7. The second kappa shape index (κ2) is 12.9. The molecule has 1 heterocycles. The van der Waals surface area contributed by atoms with E-state index in [1.165, 1.54) is 25.6 Å². The van der Waals surface area contributed by atoms with Gasteiger partial charge in [0.15, 0.2) is 11.5 Å². The molecule has 0 saturated heterocycles. The summed E-state index contributed by atoms with van der Waals surface area (Å²) in [6.45, 7) is 0.436. The Morgan fingerprint density at radius 3 is 2.26 bits per heavy atom. The maximum Gasteiger partial charge on any atom is 0.338 e. The van der Waals surface area contributed by atoms with Crippen LogP contribution in [0.25, 0.3) is 0 Å². The Labute approximate surface area is 241 Å². The molecule has 2 N–H and O–H groups in total. The fourth-order valence-corrected chi connectivity index (χ4v) is 4.60. The number of nitrogens with one attached hydrogen (secondary N) is 1. The molecule has 0 aliphatic heterocycles. The summed E-state index contributed by atoms with van der Waals surface area (Å²) in [5, 5.41) is 14.1. The van der Waals surface area contributed by atoms with Crippen LogP contribution in [0.2, 0.25) is 15.1 Å². The Hall–Kier alpha value is -3.65. The first-order valence-electron chi connectivity index (χ1n) is 11.8. The number of phenols is 1. The molecule has 0 aliphatic rings. The number of methoxy groups -OCH3 is 2. The summed E-state index contributed by atoms with van der Waals surface area (Å²) < 4.78 is 16.8. The lowest BCUT2D eigenvalue weighted by Crippen LogP contribution is -2.15. The van der Waals surface area contributed by atoms with Crippen molar-refractivity contribution in [3.8, 4) is 17.2 Å². The summed E-state index contributed by atoms with van der Waals surface area (Å²) in [4.78, 5) is 17.2. The first-order chi connectivity index (χ1) is 18.8. The molecule has 4 aromatic rings. The number of aromatic nitrogens is 1. The quantitative estimate of drug-likeness (QED) is 0.186. The molecule has 202 valence electrons. The Morgan fingerprint density at radius 1 is 0.897 bits per heavy atom. The lowest BCUT2D eigenvalue weighted by Gasteiger charge is -2.21. The number of aromatic hydroxyl groups is 1. The molecule has 1 atom stereocenters. The lowest BCUT2D eigenvalue weighted by molar-refractivity contribution is 0.0297.